The summed E-state index contributed by atoms with van der Waals surface area (Å²) in [6, 6.07) is 13.4. The number of nitrogens with two attached hydrogens (primary N) is 1. The van der Waals surface area contributed by atoms with Gasteiger partial charge in [0.15, 0.2) is 12.4 Å². The molecule has 1 amide bonds. The Morgan fingerprint density at radius 1 is 1.05 bits per heavy atom. The van der Waals surface area contributed by atoms with E-state index in [1.807, 2.05) is 36.5 Å². The molecule has 0 radical (unpaired) electrons. The summed E-state index contributed by atoms with van der Waals surface area (Å²) < 4.78 is 12.8. The van der Waals surface area contributed by atoms with Crippen molar-refractivity contribution in [3.8, 4) is 0 Å². The van der Waals surface area contributed by atoms with Gasteiger partial charge in [-0.25, -0.2) is 0 Å². The molecule has 0 spiro atoms. The van der Waals surface area contributed by atoms with Crippen LogP contribution in [0.15, 0.2) is 54.9 Å². The van der Waals surface area contributed by atoms with Crippen molar-refractivity contribution in [3.63, 3.8) is 0 Å². The van der Waals surface area contributed by atoms with Gasteiger partial charge in [0.05, 0.1) is 19.8 Å². The minimum Gasteiger partial charge on any atom is -0.374 e. The van der Waals surface area contributed by atoms with Crippen LogP contribution >= 0.6 is 0 Å². The summed E-state index contributed by atoms with van der Waals surface area (Å²) >= 11 is 0. The van der Waals surface area contributed by atoms with Crippen molar-refractivity contribution in [2.24, 2.45) is 5.73 Å². The predicted octanol–water partition coefficient (Wildman–Crippen LogP) is 1.26. The topological polar surface area (TPSA) is 65.4 Å². The zero-order valence-electron chi connectivity index (χ0n) is 11.8. The van der Waals surface area contributed by atoms with Gasteiger partial charge >= 0.3 is 0 Å². The zero-order valence-corrected chi connectivity index (χ0v) is 11.8. The van der Waals surface area contributed by atoms with E-state index in [-0.39, 0.29) is 0 Å². The summed E-state index contributed by atoms with van der Waals surface area (Å²) in [4.78, 5) is 11.1. The largest absolute Gasteiger partial charge is 0.374 e. The minimum absolute atomic E-state index is 0.357. The molecule has 1 heterocycles. The normalized spacial score (nSPS) is 10.5. The van der Waals surface area contributed by atoms with E-state index in [9.17, 15) is 4.79 Å². The van der Waals surface area contributed by atoms with E-state index in [1.165, 1.54) is 0 Å². The fourth-order valence-electron chi connectivity index (χ4n) is 1.80. The predicted molar refractivity (Wildman–Crippen MR) is 77.2 cm³/mol. The molecule has 0 fully saturated rings. The van der Waals surface area contributed by atoms with E-state index < -0.39 is 5.91 Å². The third-order valence-electron chi connectivity index (χ3n) is 2.87. The molecule has 0 saturated heterocycles. The van der Waals surface area contributed by atoms with Gasteiger partial charge in [-0.2, -0.15) is 4.57 Å². The fourth-order valence-corrected chi connectivity index (χ4v) is 1.80. The number of ether oxygens (including phenoxy) is 2. The van der Waals surface area contributed by atoms with Crippen LogP contribution in [-0.4, -0.2) is 19.1 Å². The van der Waals surface area contributed by atoms with Crippen LogP contribution in [0.2, 0.25) is 0 Å². The molecule has 110 valence electrons. The highest BCUT2D eigenvalue weighted by Crippen LogP contribution is 2.00. The number of carbonyl (C=O) groups excluding carboxylic acids is 1. The molecule has 5 nitrogen and oxygen atoms in total. The second kappa shape index (κ2) is 8.14. The van der Waals surface area contributed by atoms with Crippen LogP contribution in [0, 0.1) is 0 Å². The number of pyridine rings is 1. The van der Waals surface area contributed by atoms with Crippen LogP contribution in [0.5, 0.6) is 0 Å². The molecule has 21 heavy (non-hydrogen) atoms. The second-order valence-corrected chi connectivity index (χ2v) is 4.55. The number of benzene rings is 1. The standard InChI is InChI=1S/C16H18N2O3/c17-16(19)15-7-4-8-18(11-15)13-21-10-9-20-12-14-5-2-1-3-6-14/h1-8,11H,9-10,12-13H2,(H-,17,19)/p+1. The number of amides is 1. The van der Waals surface area contributed by atoms with Gasteiger partial charge in [0.2, 0.25) is 0 Å². The molecule has 2 N–H and O–H groups in total. The Morgan fingerprint density at radius 3 is 2.57 bits per heavy atom. The SMILES string of the molecule is NC(=O)c1ccc[n+](COCCOCc2ccccc2)c1. The monoisotopic (exact) mass is 287 g/mol. The van der Waals surface area contributed by atoms with Gasteiger partial charge in [0.25, 0.3) is 12.6 Å². The summed E-state index contributed by atoms with van der Waals surface area (Å²) in [5.41, 5.74) is 6.82. The second-order valence-electron chi connectivity index (χ2n) is 4.55. The van der Waals surface area contributed by atoms with Crippen molar-refractivity contribution < 1.29 is 18.8 Å². The molecular formula is C16H19N2O3+. The van der Waals surface area contributed by atoms with Crippen LogP contribution in [0.4, 0.5) is 0 Å². The third-order valence-corrected chi connectivity index (χ3v) is 2.87. The van der Waals surface area contributed by atoms with Gasteiger partial charge in [-0.15, -0.1) is 0 Å². The van der Waals surface area contributed by atoms with Gasteiger partial charge in [-0.3, -0.25) is 4.79 Å². The van der Waals surface area contributed by atoms with E-state index >= 15 is 0 Å². The highest BCUT2D eigenvalue weighted by molar-refractivity contribution is 5.92. The zero-order chi connectivity index (χ0) is 14.9. The van der Waals surface area contributed by atoms with Crippen LogP contribution < -0.4 is 10.3 Å². The number of hydrogen-bond acceptors (Lipinski definition) is 3. The van der Waals surface area contributed by atoms with E-state index in [0.29, 0.717) is 32.1 Å². The van der Waals surface area contributed by atoms with E-state index in [2.05, 4.69) is 0 Å². The fraction of sp³-hybridized carbons (Fsp3) is 0.250. The summed E-state index contributed by atoms with van der Waals surface area (Å²) in [5.74, 6) is -0.449. The van der Waals surface area contributed by atoms with Crippen molar-refractivity contribution in [3.05, 3.63) is 66.0 Å². The Hall–Kier alpha value is -2.24. The van der Waals surface area contributed by atoms with Crippen LogP contribution in [0.25, 0.3) is 0 Å². The Labute approximate surface area is 123 Å². The lowest BCUT2D eigenvalue weighted by atomic mass is 10.2. The molecule has 2 rings (SSSR count). The van der Waals surface area contributed by atoms with Crippen molar-refractivity contribution in [1.29, 1.82) is 0 Å². The first kappa shape index (κ1) is 15.2. The smallest absolute Gasteiger partial charge is 0.254 e. The summed E-state index contributed by atoms with van der Waals surface area (Å²) in [6.07, 6.45) is 3.48. The molecule has 1 aromatic carbocycles. The lowest BCUT2D eigenvalue weighted by Gasteiger charge is -2.04. The molecule has 0 aliphatic carbocycles. The maximum atomic E-state index is 11.1. The van der Waals surface area contributed by atoms with Crippen molar-refractivity contribution in [2.75, 3.05) is 13.2 Å². The molecule has 1 aromatic heterocycles. The first-order valence-electron chi connectivity index (χ1n) is 6.74. The summed E-state index contributed by atoms with van der Waals surface area (Å²) in [5, 5.41) is 0. The first-order valence-corrected chi connectivity index (χ1v) is 6.74. The minimum atomic E-state index is -0.449. The highest BCUT2D eigenvalue weighted by Gasteiger charge is 2.06. The van der Waals surface area contributed by atoms with Crippen molar-refractivity contribution in [1.82, 2.24) is 0 Å². The quantitative estimate of drug-likeness (QED) is 0.587. The number of rotatable bonds is 8. The van der Waals surface area contributed by atoms with Crippen LogP contribution in [0.3, 0.4) is 0 Å². The lowest BCUT2D eigenvalue weighted by Crippen LogP contribution is -2.36. The van der Waals surface area contributed by atoms with Crippen LogP contribution in [-0.2, 0) is 22.8 Å². The number of hydrogen-bond donors (Lipinski definition) is 1. The van der Waals surface area contributed by atoms with Gasteiger partial charge in [0.1, 0.15) is 5.56 Å². The molecule has 0 aliphatic heterocycles. The molecule has 0 bridgehead atoms. The van der Waals surface area contributed by atoms with Gasteiger partial charge in [0, 0.05) is 6.07 Å². The molecule has 2 aromatic rings. The molecule has 0 aliphatic rings. The molecule has 5 heteroatoms. The molecule has 0 unspecified atom stereocenters. The summed E-state index contributed by atoms with van der Waals surface area (Å²) in [6.45, 7) is 1.94. The third kappa shape index (κ3) is 5.33. The number of aromatic nitrogens is 1. The van der Waals surface area contributed by atoms with Gasteiger partial charge < -0.3 is 15.2 Å². The Balaban J connectivity index is 1.64. The average Bonchev–Trinajstić information content (AvgIpc) is 2.52. The van der Waals surface area contributed by atoms with E-state index in [4.69, 9.17) is 15.2 Å². The summed E-state index contributed by atoms with van der Waals surface area (Å²) in [7, 11) is 0. The van der Waals surface area contributed by atoms with Gasteiger partial charge in [-0.1, -0.05) is 30.3 Å². The van der Waals surface area contributed by atoms with Gasteiger partial charge in [-0.05, 0) is 11.6 Å². The Kier molecular flexibility index (Phi) is 5.87. The highest BCUT2D eigenvalue weighted by atomic mass is 16.5. The number of carbonyl (C=O) groups is 1. The number of primary amides is 1. The molecule has 0 atom stereocenters. The van der Waals surface area contributed by atoms with E-state index in [0.717, 1.165) is 5.56 Å². The Morgan fingerprint density at radius 2 is 1.81 bits per heavy atom. The lowest BCUT2D eigenvalue weighted by molar-refractivity contribution is -0.732. The maximum absolute atomic E-state index is 11.1. The van der Waals surface area contributed by atoms with E-state index in [1.54, 1.807) is 22.9 Å². The Bertz CT molecular complexity index is 573. The first-order chi connectivity index (χ1) is 10.3. The van der Waals surface area contributed by atoms with Crippen molar-refractivity contribution in [2.45, 2.75) is 13.3 Å². The number of nitrogens with zero attached hydrogens (tertiary/aromatic N) is 1. The average molecular weight is 287 g/mol. The maximum Gasteiger partial charge on any atom is 0.254 e. The van der Waals surface area contributed by atoms with Crippen molar-refractivity contribution >= 4 is 5.91 Å². The molecular weight excluding hydrogens is 268 g/mol. The van der Waals surface area contributed by atoms with Crippen LogP contribution in [0.1, 0.15) is 15.9 Å². The molecule has 0 saturated carbocycles.